The predicted molar refractivity (Wildman–Crippen MR) is 97.6 cm³/mol. The molecule has 2 atom stereocenters. The van der Waals surface area contributed by atoms with Gasteiger partial charge in [0.1, 0.15) is 11.3 Å². The number of nitrogens with zero attached hydrogens (tertiary/aromatic N) is 4. The van der Waals surface area contributed by atoms with Crippen molar-refractivity contribution in [3.63, 3.8) is 0 Å². The fourth-order valence-electron chi connectivity index (χ4n) is 3.56. The normalized spacial score (nSPS) is 21.0. The predicted octanol–water partition coefficient (Wildman–Crippen LogP) is 3.35. The van der Waals surface area contributed by atoms with Crippen molar-refractivity contribution < 1.29 is 0 Å². The van der Waals surface area contributed by atoms with Crippen molar-refractivity contribution >= 4 is 27.1 Å². The van der Waals surface area contributed by atoms with E-state index in [1.807, 2.05) is 6.20 Å². The maximum atomic E-state index is 4.97. The molecule has 3 rings (SSSR count). The lowest BCUT2D eigenvalue weighted by Crippen LogP contribution is -2.50. The number of nitrogens with one attached hydrogen (secondary N) is 1. The van der Waals surface area contributed by atoms with Crippen LogP contribution in [-0.4, -0.2) is 45.1 Å². The van der Waals surface area contributed by atoms with Crippen LogP contribution >= 0.6 is 15.9 Å². The molecule has 1 saturated heterocycles. The summed E-state index contributed by atoms with van der Waals surface area (Å²) in [5, 5.41) is 3.54. The second-order valence-electron chi connectivity index (χ2n) is 6.37. The van der Waals surface area contributed by atoms with E-state index in [1.165, 1.54) is 5.82 Å². The minimum atomic E-state index is 0.373. The van der Waals surface area contributed by atoms with Crippen LogP contribution in [0, 0.1) is 0 Å². The zero-order valence-corrected chi connectivity index (χ0v) is 15.8. The molecule has 6 heteroatoms. The highest BCUT2D eigenvalue weighted by Gasteiger charge is 2.28. The van der Waals surface area contributed by atoms with Crippen molar-refractivity contribution in [3.05, 3.63) is 22.6 Å². The highest BCUT2D eigenvalue weighted by Crippen LogP contribution is 2.29. The van der Waals surface area contributed by atoms with Crippen molar-refractivity contribution in [2.24, 2.45) is 0 Å². The number of aryl methyl sites for hydroxylation is 1. The van der Waals surface area contributed by atoms with E-state index in [0.717, 1.165) is 54.7 Å². The lowest BCUT2D eigenvalue weighted by Gasteiger charge is -2.37. The van der Waals surface area contributed by atoms with Gasteiger partial charge in [0.15, 0.2) is 5.65 Å². The first-order chi connectivity index (χ1) is 11.1. The number of hydrogen-bond acceptors (Lipinski definition) is 4. The van der Waals surface area contributed by atoms with Crippen molar-refractivity contribution in [1.82, 2.24) is 24.8 Å². The van der Waals surface area contributed by atoms with Gasteiger partial charge in [-0.1, -0.05) is 13.3 Å². The van der Waals surface area contributed by atoms with E-state index in [0.29, 0.717) is 12.1 Å². The molecular weight excluding hydrogens is 354 g/mol. The minimum absolute atomic E-state index is 0.373. The molecule has 1 aliphatic rings. The van der Waals surface area contributed by atoms with Crippen molar-refractivity contribution in [1.29, 1.82) is 0 Å². The summed E-state index contributed by atoms with van der Waals surface area (Å²) in [4.78, 5) is 12.2. The number of rotatable bonds is 5. The van der Waals surface area contributed by atoms with Gasteiger partial charge in [-0.3, -0.25) is 4.90 Å². The Bertz CT molecular complexity index is 668. The van der Waals surface area contributed by atoms with Crippen LogP contribution in [-0.2, 0) is 6.54 Å². The summed E-state index contributed by atoms with van der Waals surface area (Å²) in [5.41, 5.74) is 1.98. The number of hydrogen-bond donors (Lipinski definition) is 1. The molecule has 1 aliphatic heterocycles. The molecule has 0 bridgehead atoms. The van der Waals surface area contributed by atoms with E-state index in [-0.39, 0.29) is 0 Å². The second-order valence-corrected chi connectivity index (χ2v) is 7.28. The van der Waals surface area contributed by atoms with Gasteiger partial charge in [0.2, 0.25) is 0 Å². The average Bonchev–Trinajstić information content (AvgIpc) is 2.89. The van der Waals surface area contributed by atoms with E-state index in [2.05, 4.69) is 62.5 Å². The quantitative estimate of drug-likeness (QED) is 0.864. The van der Waals surface area contributed by atoms with Gasteiger partial charge in [0, 0.05) is 42.9 Å². The Morgan fingerprint density at radius 3 is 2.96 bits per heavy atom. The summed E-state index contributed by atoms with van der Waals surface area (Å²) in [5.74, 6) is 1.17. The van der Waals surface area contributed by atoms with Gasteiger partial charge in [-0.2, -0.15) is 0 Å². The maximum Gasteiger partial charge on any atom is 0.160 e. The first-order valence-electron chi connectivity index (χ1n) is 8.63. The molecule has 2 aromatic heterocycles. The van der Waals surface area contributed by atoms with Crippen molar-refractivity contribution in [2.45, 2.75) is 52.2 Å². The van der Waals surface area contributed by atoms with E-state index in [1.54, 1.807) is 0 Å². The SMILES string of the molecule is CCC[C@H](c1nc2cc(Br)cnc2n1CC)N1CCN[C@@H](C)C1. The number of piperazine rings is 1. The van der Waals surface area contributed by atoms with Crippen LogP contribution in [0.25, 0.3) is 11.2 Å². The number of aromatic nitrogens is 3. The van der Waals surface area contributed by atoms with Gasteiger partial charge in [-0.15, -0.1) is 0 Å². The molecule has 126 valence electrons. The largest absolute Gasteiger partial charge is 0.312 e. The van der Waals surface area contributed by atoms with Crippen LogP contribution in [0.1, 0.15) is 45.5 Å². The Labute approximate surface area is 146 Å². The van der Waals surface area contributed by atoms with Crippen molar-refractivity contribution in [2.75, 3.05) is 19.6 Å². The Kier molecular flexibility index (Phi) is 5.34. The Balaban J connectivity index is 2.03. The summed E-state index contributed by atoms with van der Waals surface area (Å²) in [6.45, 7) is 10.8. The molecule has 0 unspecified atom stereocenters. The van der Waals surface area contributed by atoms with Gasteiger partial charge in [0.25, 0.3) is 0 Å². The lowest BCUT2D eigenvalue weighted by molar-refractivity contribution is 0.133. The third kappa shape index (κ3) is 3.44. The van der Waals surface area contributed by atoms with Gasteiger partial charge in [-0.05, 0) is 42.3 Å². The Morgan fingerprint density at radius 2 is 2.26 bits per heavy atom. The lowest BCUT2D eigenvalue weighted by atomic mass is 10.1. The highest BCUT2D eigenvalue weighted by atomic mass is 79.9. The van der Waals surface area contributed by atoms with Crippen LogP contribution in [0.4, 0.5) is 0 Å². The molecule has 0 aliphatic carbocycles. The zero-order chi connectivity index (χ0) is 16.4. The third-order valence-electron chi connectivity index (χ3n) is 4.60. The van der Waals surface area contributed by atoms with Crippen LogP contribution in [0.15, 0.2) is 16.7 Å². The van der Waals surface area contributed by atoms with Crippen LogP contribution < -0.4 is 5.32 Å². The second kappa shape index (κ2) is 7.28. The van der Waals surface area contributed by atoms with Crippen molar-refractivity contribution in [3.8, 4) is 0 Å². The molecule has 0 aromatic carbocycles. The minimum Gasteiger partial charge on any atom is -0.312 e. The van der Waals surface area contributed by atoms with Crippen LogP contribution in [0.3, 0.4) is 0 Å². The van der Waals surface area contributed by atoms with Gasteiger partial charge in [-0.25, -0.2) is 9.97 Å². The fourth-order valence-corrected chi connectivity index (χ4v) is 3.88. The van der Waals surface area contributed by atoms with Gasteiger partial charge < -0.3 is 9.88 Å². The molecule has 1 N–H and O–H groups in total. The molecule has 0 saturated carbocycles. The summed E-state index contributed by atoms with van der Waals surface area (Å²) < 4.78 is 3.27. The molecule has 23 heavy (non-hydrogen) atoms. The number of imidazole rings is 1. The Morgan fingerprint density at radius 1 is 1.43 bits per heavy atom. The van der Waals surface area contributed by atoms with Crippen LogP contribution in [0.2, 0.25) is 0 Å². The standard InChI is InChI=1S/C17H26BrN5/c1-4-6-15(22-8-7-19-12(3)11-22)17-21-14-9-13(18)10-20-16(14)23(17)5-2/h9-10,12,15,19H,4-8,11H2,1-3H3/t12-,15+/m0/s1. The molecule has 2 aromatic rings. The molecule has 0 spiro atoms. The molecular formula is C17H26BrN5. The summed E-state index contributed by atoms with van der Waals surface area (Å²) in [7, 11) is 0. The molecule has 0 amide bonds. The van der Waals surface area contributed by atoms with E-state index >= 15 is 0 Å². The third-order valence-corrected chi connectivity index (χ3v) is 5.03. The van der Waals surface area contributed by atoms with Gasteiger partial charge in [0.05, 0.1) is 6.04 Å². The number of pyridine rings is 1. The monoisotopic (exact) mass is 379 g/mol. The topological polar surface area (TPSA) is 46.0 Å². The first-order valence-corrected chi connectivity index (χ1v) is 9.42. The average molecular weight is 380 g/mol. The zero-order valence-electron chi connectivity index (χ0n) is 14.2. The highest BCUT2D eigenvalue weighted by molar-refractivity contribution is 9.10. The molecule has 1 fully saturated rings. The Hall–Kier alpha value is -0.980. The number of halogens is 1. The maximum absolute atomic E-state index is 4.97. The summed E-state index contributed by atoms with van der Waals surface area (Å²) in [6, 6.07) is 2.98. The fraction of sp³-hybridized carbons (Fsp3) is 0.647. The molecule has 0 radical (unpaired) electrons. The smallest absolute Gasteiger partial charge is 0.160 e. The van der Waals surface area contributed by atoms with E-state index in [9.17, 15) is 0 Å². The number of fused-ring (bicyclic) bond motifs is 1. The van der Waals surface area contributed by atoms with Gasteiger partial charge >= 0.3 is 0 Å². The first kappa shape index (κ1) is 16.9. The summed E-state index contributed by atoms with van der Waals surface area (Å²) >= 11 is 3.51. The molecule has 3 heterocycles. The van der Waals surface area contributed by atoms with E-state index in [4.69, 9.17) is 4.98 Å². The summed E-state index contributed by atoms with van der Waals surface area (Å²) in [6.07, 6.45) is 4.16. The molecule has 5 nitrogen and oxygen atoms in total. The van der Waals surface area contributed by atoms with Crippen LogP contribution in [0.5, 0.6) is 0 Å². The van der Waals surface area contributed by atoms with E-state index < -0.39 is 0 Å².